The molecule has 5 nitrogen and oxygen atoms in total. The lowest BCUT2D eigenvalue weighted by Crippen LogP contribution is -2.33. The van der Waals surface area contributed by atoms with Crippen molar-refractivity contribution >= 4 is 39.2 Å². The normalized spacial score (nSPS) is 12.5. The van der Waals surface area contributed by atoms with Gasteiger partial charge >= 0.3 is 0 Å². The lowest BCUT2D eigenvalue weighted by atomic mass is 10.2. The Morgan fingerprint density at radius 2 is 2.08 bits per heavy atom. The van der Waals surface area contributed by atoms with Crippen LogP contribution >= 0.6 is 23.1 Å². The molecule has 0 aromatic carbocycles. The van der Waals surface area contributed by atoms with Crippen molar-refractivity contribution in [2.45, 2.75) is 71.6 Å². The number of nitrogens with one attached hydrogen (secondary N) is 1. The van der Waals surface area contributed by atoms with Crippen LogP contribution in [-0.2, 0) is 11.3 Å². The third-order valence-electron chi connectivity index (χ3n) is 4.34. The standard InChI is InChI=1S/C18H27N3O2S2/c1-6-8-9-21-17(23)15-12(4)13(5)25-16(15)20-18(21)24-10-14(22)19-11(3)7-2/h11H,6-10H2,1-5H3,(H,19,22)/t11-/m0/s1. The van der Waals surface area contributed by atoms with Gasteiger partial charge in [-0.25, -0.2) is 4.98 Å². The number of hydrogen-bond donors (Lipinski definition) is 1. The van der Waals surface area contributed by atoms with Gasteiger partial charge in [-0.15, -0.1) is 11.3 Å². The molecule has 2 rings (SSSR count). The minimum Gasteiger partial charge on any atom is -0.353 e. The van der Waals surface area contributed by atoms with E-state index in [4.69, 9.17) is 4.98 Å². The summed E-state index contributed by atoms with van der Waals surface area (Å²) in [5, 5.41) is 4.33. The maximum atomic E-state index is 13.0. The van der Waals surface area contributed by atoms with E-state index in [-0.39, 0.29) is 23.3 Å². The molecule has 0 saturated carbocycles. The van der Waals surface area contributed by atoms with Crippen molar-refractivity contribution in [3.63, 3.8) is 0 Å². The van der Waals surface area contributed by atoms with Crippen LogP contribution in [0.5, 0.6) is 0 Å². The average molecular weight is 382 g/mol. The minimum atomic E-state index is -0.0192. The number of rotatable bonds is 8. The summed E-state index contributed by atoms with van der Waals surface area (Å²) in [4.78, 5) is 31.7. The number of nitrogens with zero attached hydrogens (tertiary/aromatic N) is 2. The summed E-state index contributed by atoms with van der Waals surface area (Å²) in [5.41, 5.74) is 1.04. The van der Waals surface area contributed by atoms with Gasteiger partial charge in [-0.05, 0) is 39.2 Å². The van der Waals surface area contributed by atoms with Crippen LogP contribution in [0.2, 0.25) is 0 Å². The van der Waals surface area contributed by atoms with Gasteiger partial charge in [0, 0.05) is 17.5 Å². The highest BCUT2D eigenvalue weighted by atomic mass is 32.2. The predicted octanol–water partition coefficient (Wildman–Crippen LogP) is 3.88. The van der Waals surface area contributed by atoms with Crippen molar-refractivity contribution in [1.29, 1.82) is 0 Å². The van der Waals surface area contributed by atoms with Crippen molar-refractivity contribution in [2.75, 3.05) is 5.75 Å². The molecule has 1 N–H and O–H groups in total. The predicted molar refractivity (Wildman–Crippen MR) is 107 cm³/mol. The fourth-order valence-corrected chi connectivity index (χ4v) is 4.39. The van der Waals surface area contributed by atoms with Gasteiger partial charge in [0.1, 0.15) is 4.83 Å². The summed E-state index contributed by atoms with van der Waals surface area (Å²) in [6, 6.07) is 0.161. The van der Waals surface area contributed by atoms with E-state index in [0.29, 0.717) is 11.7 Å². The van der Waals surface area contributed by atoms with Gasteiger partial charge in [0.25, 0.3) is 5.56 Å². The largest absolute Gasteiger partial charge is 0.353 e. The van der Waals surface area contributed by atoms with Gasteiger partial charge in [0.15, 0.2) is 5.16 Å². The Morgan fingerprint density at radius 3 is 2.72 bits per heavy atom. The number of aromatic nitrogens is 2. The zero-order chi connectivity index (χ0) is 18.6. The van der Waals surface area contributed by atoms with Crippen LogP contribution in [0.1, 0.15) is 50.5 Å². The van der Waals surface area contributed by atoms with Gasteiger partial charge in [-0.2, -0.15) is 0 Å². The molecular formula is C18H27N3O2S2. The van der Waals surface area contributed by atoms with E-state index < -0.39 is 0 Å². The third kappa shape index (κ3) is 4.64. The smallest absolute Gasteiger partial charge is 0.263 e. The zero-order valence-corrected chi connectivity index (χ0v) is 17.3. The molecule has 0 saturated heterocycles. The first-order valence-electron chi connectivity index (χ1n) is 8.81. The second-order valence-electron chi connectivity index (χ2n) is 6.33. The average Bonchev–Trinajstić information content (AvgIpc) is 2.86. The number of thioether (sulfide) groups is 1. The minimum absolute atomic E-state index is 0.0186. The molecule has 138 valence electrons. The first kappa shape index (κ1) is 20.0. The summed E-state index contributed by atoms with van der Waals surface area (Å²) in [7, 11) is 0. The summed E-state index contributed by atoms with van der Waals surface area (Å²) in [6.07, 6.45) is 2.82. The van der Waals surface area contributed by atoms with Crippen molar-refractivity contribution in [1.82, 2.24) is 14.9 Å². The number of aryl methyl sites for hydroxylation is 2. The summed E-state index contributed by atoms with van der Waals surface area (Å²) >= 11 is 2.90. The number of fused-ring (bicyclic) bond motifs is 1. The number of unbranched alkanes of at least 4 members (excludes halogenated alkanes) is 1. The van der Waals surface area contributed by atoms with E-state index in [1.54, 1.807) is 15.9 Å². The topological polar surface area (TPSA) is 64.0 Å². The second-order valence-corrected chi connectivity index (χ2v) is 8.48. The molecule has 2 aromatic heterocycles. The summed E-state index contributed by atoms with van der Waals surface area (Å²) in [6.45, 7) is 10.8. The quantitative estimate of drug-likeness (QED) is 0.557. The highest BCUT2D eigenvalue weighted by Gasteiger charge is 2.17. The van der Waals surface area contributed by atoms with Gasteiger partial charge in [-0.1, -0.05) is 32.0 Å². The molecule has 0 unspecified atom stereocenters. The molecule has 0 bridgehead atoms. The third-order valence-corrected chi connectivity index (χ3v) is 6.42. The Morgan fingerprint density at radius 1 is 1.36 bits per heavy atom. The number of thiophene rings is 1. The molecule has 2 aromatic rings. The maximum absolute atomic E-state index is 13.0. The van der Waals surface area contributed by atoms with Crippen molar-refractivity contribution in [3.05, 3.63) is 20.8 Å². The Bertz CT molecular complexity index is 811. The maximum Gasteiger partial charge on any atom is 0.263 e. The van der Waals surface area contributed by atoms with E-state index in [9.17, 15) is 9.59 Å². The molecule has 25 heavy (non-hydrogen) atoms. The Hall–Kier alpha value is -1.34. The fraction of sp³-hybridized carbons (Fsp3) is 0.611. The number of amides is 1. The lowest BCUT2D eigenvalue weighted by Gasteiger charge is -2.13. The lowest BCUT2D eigenvalue weighted by molar-refractivity contribution is -0.119. The van der Waals surface area contributed by atoms with Crippen LogP contribution in [0.4, 0.5) is 0 Å². The first-order valence-corrected chi connectivity index (χ1v) is 10.6. The monoisotopic (exact) mass is 381 g/mol. The second kappa shape index (κ2) is 8.85. The molecule has 1 amide bonds. The Balaban J connectivity index is 2.33. The van der Waals surface area contributed by atoms with Gasteiger partial charge < -0.3 is 5.32 Å². The van der Waals surface area contributed by atoms with Gasteiger partial charge in [0.05, 0.1) is 11.1 Å². The van der Waals surface area contributed by atoms with E-state index in [1.807, 2.05) is 27.7 Å². The van der Waals surface area contributed by atoms with E-state index >= 15 is 0 Å². The molecular weight excluding hydrogens is 354 g/mol. The van der Waals surface area contributed by atoms with Gasteiger partial charge in [0.2, 0.25) is 5.91 Å². The molecule has 0 aliphatic carbocycles. The number of carbonyl (C=O) groups excluding carboxylic acids is 1. The molecule has 0 aliphatic rings. The van der Waals surface area contributed by atoms with E-state index in [0.717, 1.165) is 39.9 Å². The summed E-state index contributed by atoms with van der Waals surface area (Å²) < 4.78 is 1.74. The molecule has 7 heteroatoms. The van der Waals surface area contributed by atoms with Gasteiger partial charge in [-0.3, -0.25) is 14.2 Å². The molecule has 1 atom stereocenters. The molecule has 0 fully saturated rings. The van der Waals surface area contributed by atoms with Crippen LogP contribution in [-0.4, -0.2) is 27.3 Å². The molecule has 0 radical (unpaired) electrons. The van der Waals surface area contributed by atoms with E-state index in [2.05, 4.69) is 12.2 Å². The van der Waals surface area contributed by atoms with Crippen LogP contribution in [0.25, 0.3) is 10.2 Å². The van der Waals surface area contributed by atoms with Crippen molar-refractivity contribution in [2.24, 2.45) is 0 Å². The summed E-state index contributed by atoms with van der Waals surface area (Å²) in [5.74, 6) is 0.256. The van der Waals surface area contributed by atoms with Crippen LogP contribution in [0, 0.1) is 13.8 Å². The Labute approximate surface area is 157 Å². The highest BCUT2D eigenvalue weighted by molar-refractivity contribution is 7.99. The first-order chi connectivity index (χ1) is 11.9. The fourth-order valence-electron chi connectivity index (χ4n) is 2.48. The number of hydrogen-bond acceptors (Lipinski definition) is 5. The van der Waals surface area contributed by atoms with Crippen LogP contribution < -0.4 is 10.9 Å². The molecule has 2 heterocycles. The highest BCUT2D eigenvalue weighted by Crippen LogP contribution is 2.28. The van der Waals surface area contributed by atoms with Crippen molar-refractivity contribution in [3.8, 4) is 0 Å². The zero-order valence-electron chi connectivity index (χ0n) is 15.6. The van der Waals surface area contributed by atoms with Crippen LogP contribution in [0.15, 0.2) is 9.95 Å². The van der Waals surface area contributed by atoms with E-state index in [1.165, 1.54) is 11.8 Å². The van der Waals surface area contributed by atoms with Crippen molar-refractivity contribution < 1.29 is 4.79 Å². The molecule has 0 spiro atoms. The number of carbonyl (C=O) groups is 1. The van der Waals surface area contributed by atoms with Crippen LogP contribution in [0.3, 0.4) is 0 Å². The SMILES string of the molecule is CCCCn1c(SCC(=O)N[C@@H](C)CC)nc2sc(C)c(C)c2c1=O. The Kier molecular flexibility index (Phi) is 7.07. The molecule has 0 aliphatic heterocycles.